The fourth-order valence-electron chi connectivity index (χ4n) is 1.24. The molecule has 2 rings (SSSR count). The molecule has 8 heteroatoms. The Labute approximate surface area is 99.0 Å². The van der Waals surface area contributed by atoms with Crippen LogP contribution in [0.5, 0.6) is 0 Å². The van der Waals surface area contributed by atoms with Gasteiger partial charge in [0.2, 0.25) is 5.95 Å². The number of anilines is 1. The Kier molecular flexibility index (Phi) is 2.82. The molecule has 2 aromatic heterocycles. The van der Waals surface area contributed by atoms with Gasteiger partial charge in [-0.05, 0) is 15.9 Å². The summed E-state index contributed by atoms with van der Waals surface area (Å²) in [5.74, 6) is -0.186. The lowest BCUT2D eigenvalue weighted by molar-refractivity contribution is 0.614. The Morgan fingerprint density at radius 1 is 1.50 bits per heavy atom. The van der Waals surface area contributed by atoms with Crippen LogP contribution in [0.3, 0.4) is 0 Å². The number of halogens is 2. The summed E-state index contributed by atoms with van der Waals surface area (Å²) in [6, 6.07) is 0. The Balaban J connectivity index is 2.63. The average molecular weight is 287 g/mol. The van der Waals surface area contributed by atoms with Gasteiger partial charge in [-0.25, -0.2) is 19.0 Å². The molecule has 0 aliphatic heterocycles. The van der Waals surface area contributed by atoms with Crippen molar-refractivity contribution in [2.45, 2.75) is 0 Å². The minimum atomic E-state index is -0.523. The predicted molar refractivity (Wildman–Crippen MR) is 59.2 cm³/mol. The third kappa shape index (κ3) is 1.75. The maximum absolute atomic E-state index is 13.6. The fraction of sp³-hybridized carbons (Fsp3) is 0.250. The molecule has 0 aromatic carbocycles. The van der Waals surface area contributed by atoms with Gasteiger partial charge in [-0.3, -0.25) is 0 Å². The highest BCUT2D eigenvalue weighted by Gasteiger charge is 2.17. The molecule has 0 fully saturated rings. The molecule has 0 atom stereocenters. The van der Waals surface area contributed by atoms with Gasteiger partial charge in [0, 0.05) is 14.1 Å². The molecule has 84 valence electrons. The highest BCUT2D eigenvalue weighted by Crippen LogP contribution is 2.26. The van der Waals surface area contributed by atoms with E-state index in [1.807, 2.05) is 0 Å². The largest absolute Gasteiger partial charge is 0.357 e. The van der Waals surface area contributed by atoms with Gasteiger partial charge < -0.3 is 5.32 Å². The van der Waals surface area contributed by atoms with E-state index in [0.29, 0.717) is 16.2 Å². The lowest BCUT2D eigenvalue weighted by Crippen LogP contribution is -2.03. The topological polar surface area (TPSA) is 68.5 Å². The first kappa shape index (κ1) is 10.9. The fourth-order valence-corrected chi connectivity index (χ4v) is 1.75. The van der Waals surface area contributed by atoms with Crippen LogP contribution in [0.1, 0.15) is 0 Å². The molecule has 0 saturated carbocycles. The maximum atomic E-state index is 13.6. The number of hydrogen-bond acceptors (Lipinski definition) is 5. The van der Waals surface area contributed by atoms with E-state index >= 15 is 0 Å². The number of rotatable bonds is 2. The molecule has 0 radical (unpaired) electrons. The quantitative estimate of drug-likeness (QED) is 0.899. The Bertz CT molecular complexity index is 506. The first-order chi connectivity index (χ1) is 7.63. The van der Waals surface area contributed by atoms with Crippen LogP contribution in [0, 0.1) is 5.82 Å². The number of hydrogen-bond donors (Lipinski definition) is 1. The van der Waals surface area contributed by atoms with E-state index in [1.54, 1.807) is 14.1 Å². The smallest absolute Gasteiger partial charge is 0.223 e. The Morgan fingerprint density at radius 2 is 2.25 bits per heavy atom. The number of nitrogens with one attached hydrogen (secondary N) is 1. The van der Waals surface area contributed by atoms with E-state index in [1.165, 1.54) is 4.68 Å². The second kappa shape index (κ2) is 4.12. The zero-order valence-corrected chi connectivity index (χ0v) is 10.2. The van der Waals surface area contributed by atoms with E-state index in [4.69, 9.17) is 0 Å². The Morgan fingerprint density at radius 3 is 2.81 bits per heavy atom. The highest BCUT2D eigenvalue weighted by molar-refractivity contribution is 9.10. The summed E-state index contributed by atoms with van der Waals surface area (Å²) in [4.78, 5) is 7.79. The molecule has 6 nitrogen and oxygen atoms in total. The van der Waals surface area contributed by atoms with Gasteiger partial charge in [0.05, 0.1) is 6.20 Å². The van der Waals surface area contributed by atoms with E-state index < -0.39 is 5.82 Å². The molecule has 2 heterocycles. The van der Waals surface area contributed by atoms with Crippen molar-refractivity contribution < 1.29 is 4.39 Å². The van der Waals surface area contributed by atoms with Gasteiger partial charge in [-0.2, -0.15) is 0 Å². The second-order valence-corrected chi connectivity index (χ2v) is 3.74. The molecule has 0 bridgehead atoms. The van der Waals surface area contributed by atoms with Crippen molar-refractivity contribution in [1.29, 1.82) is 0 Å². The van der Waals surface area contributed by atoms with Gasteiger partial charge in [0.1, 0.15) is 11.4 Å². The van der Waals surface area contributed by atoms with Crippen LogP contribution in [0.25, 0.3) is 11.4 Å². The van der Waals surface area contributed by atoms with Gasteiger partial charge in [0.25, 0.3) is 0 Å². The summed E-state index contributed by atoms with van der Waals surface area (Å²) < 4.78 is 15.5. The second-order valence-electron chi connectivity index (χ2n) is 2.99. The van der Waals surface area contributed by atoms with Crippen molar-refractivity contribution >= 4 is 21.9 Å². The van der Waals surface area contributed by atoms with Crippen molar-refractivity contribution in [3.63, 3.8) is 0 Å². The third-order valence-corrected chi connectivity index (χ3v) is 2.51. The lowest BCUT2D eigenvalue weighted by Gasteiger charge is -2.04. The zero-order valence-electron chi connectivity index (χ0n) is 8.57. The average Bonchev–Trinajstić information content (AvgIpc) is 2.60. The van der Waals surface area contributed by atoms with Crippen LogP contribution < -0.4 is 5.32 Å². The minimum absolute atomic E-state index is 0.152. The SMILES string of the molecule is CNc1ncc(F)c(-c2c(Br)nnn2C)n1. The van der Waals surface area contributed by atoms with Crippen molar-refractivity contribution in [1.82, 2.24) is 25.0 Å². The molecule has 0 spiro atoms. The predicted octanol–water partition coefficient (Wildman–Crippen LogP) is 1.22. The first-order valence-corrected chi connectivity index (χ1v) is 5.18. The normalized spacial score (nSPS) is 10.5. The molecule has 0 amide bonds. The van der Waals surface area contributed by atoms with Gasteiger partial charge in [0.15, 0.2) is 10.4 Å². The van der Waals surface area contributed by atoms with Crippen molar-refractivity contribution in [3.8, 4) is 11.4 Å². The van der Waals surface area contributed by atoms with Gasteiger partial charge >= 0.3 is 0 Å². The summed E-state index contributed by atoms with van der Waals surface area (Å²) in [5.41, 5.74) is 0.620. The van der Waals surface area contributed by atoms with Gasteiger partial charge in [-0.15, -0.1) is 5.10 Å². The van der Waals surface area contributed by atoms with Crippen LogP contribution in [0.15, 0.2) is 10.8 Å². The highest BCUT2D eigenvalue weighted by atomic mass is 79.9. The molecule has 0 unspecified atom stereocenters. The summed E-state index contributed by atoms with van der Waals surface area (Å²) in [6.45, 7) is 0. The summed E-state index contributed by atoms with van der Waals surface area (Å²) >= 11 is 3.19. The molecule has 16 heavy (non-hydrogen) atoms. The van der Waals surface area contributed by atoms with E-state index in [9.17, 15) is 4.39 Å². The van der Waals surface area contributed by atoms with E-state index in [-0.39, 0.29) is 5.69 Å². The lowest BCUT2D eigenvalue weighted by atomic mass is 10.3. The first-order valence-electron chi connectivity index (χ1n) is 4.39. The molecule has 0 saturated heterocycles. The van der Waals surface area contributed by atoms with Crippen LogP contribution in [-0.2, 0) is 7.05 Å². The van der Waals surface area contributed by atoms with Crippen molar-refractivity contribution in [2.24, 2.45) is 7.05 Å². The van der Waals surface area contributed by atoms with Crippen LogP contribution in [0.2, 0.25) is 0 Å². The number of nitrogens with zero attached hydrogens (tertiary/aromatic N) is 5. The molecule has 0 aliphatic carbocycles. The molecule has 2 aromatic rings. The molecular formula is C8H8BrFN6. The van der Waals surface area contributed by atoms with Crippen LogP contribution >= 0.6 is 15.9 Å². The van der Waals surface area contributed by atoms with E-state index in [0.717, 1.165) is 6.20 Å². The third-order valence-electron chi connectivity index (χ3n) is 1.98. The van der Waals surface area contributed by atoms with Crippen molar-refractivity contribution in [3.05, 3.63) is 16.6 Å². The zero-order chi connectivity index (χ0) is 11.7. The monoisotopic (exact) mass is 286 g/mol. The molecule has 1 N–H and O–H groups in total. The van der Waals surface area contributed by atoms with Crippen LogP contribution in [-0.4, -0.2) is 32.0 Å². The number of aromatic nitrogens is 5. The summed E-state index contributed by atoms with van der Waals surface area (Å²) in [7, 11) is 3.32. The Hall–Kier alpha value is -1.57. The molecular weight excluding hydrogens is 279 g/mol. The summed E-state index contributed by atoms with van der Waals surface area (Å²) in [6.07, 6.45) is 1.10. The molecule has 0 aliphatic rings. The van der Waals surface area contributed by atoms with E-state index in [2.05, 4.69) is 41.5 Å². The standard InChI is InChI=1S/C8H8BrFN6/c1-11-8-12-3-4(10)5(13-8)6-7(9)14-15-16(6)2/h3H,1-2H3,(H,11,12,13). The maximum Gasteiger partial charge on any atom is 0.223 e. The van der Waals surface area contributed by atoms with Gasteiger partial charge in [-0.1, -0.05) is 5.21 Å². The minimum Gasteiger partial charge on any atom is -0.357 e. The van der Waals surface area contributed by atoms with Crippen molar-refractivity contribution in [2.75, 3.05) is 12.4 Å². The number of aryl methyl sites for hydroxylation is 1. The summed E-state index contributed by atoms with van der Waals surface area (Å²) in [5, 5.41) is 10.3. The van der Waals surface area contributed by atoms with Crippen LogP contribution in [0.4, 0.5) is 10.3 Å².